The van der Waals surface area contributed by atoms with E-state index in [1.54, 1.807) is 0 Å². The van der Waals surface area contributed by atoms with Gasteiger partial charge in [0.15, 0.2) is 0 Å². The molecule has 1 N–H and O–H groups in total. The molecule has 14 heavy (non-hydrogen) atoms. The van der Waals surface area contributed by atoms with Crippen molar-refractivity contribution in [2.75, 3.05) is 40.0 Å². The zero-order valence-corrected chi connectivity index (χ0v) is 12.6. The molecule has 0 aromatic rings. The van der Waals surface area contributed by atoms with Gasteiger partial charge in [0.25, 0.3) is 0 Å². The Labute approximate surface area is 98.7 Å². The zero-order chi connectivity index (χ0) is 10.7. The van der Waals surface area contributed by atoms with Crippen molar-refractivity contribution in [3.05, 3.63) is 0 Å². The molecule has 0 fully saturated rings. The average molecular weight is 242 g/mol. The van der Waals surface area contributed by atoms with E-state index in [4.69, 9.17) is 5.11 Å². The molecule has 0 amide bonds. The molecule has 0 aliphatic rings. The van der Waals surface area contributed by atoms with Gasteiger partial charge in [0.2, 0.25) is 0 Å². The highest BCUT2D eigenvalue weighted by atomic mass is 32.1. The van der Waals surface area contributed by atoms with E-state index in [2.05, 4.69) is 40.7 Å². The molecule has 0 saturated carbocycles. The molecule has 0 aromatic carbocycles. The first-order chi connectivity index (χ1) is 5.97. The number of aliphatic hydroxyl groups is 1. The number of rotatable bonds is 5. The minimum absolute atomic E-state index is 0. The SMILES string of the molecule is CCCCCS.C[N+](C)(C)CCO.P. The molecule has 0 rings (SSSR count). The maximum absolute atomic E-state index is 8.39. The largest absolute Gasteiger partial charge is 0.391 e. The van der Waals surface area contributed by atoms with Gasteiger partial charge in [-0.1, -0.05) is 19.8 Å². The standard InChI is InChI=1S/C5H14NO.C5H12S.H3P/c1-6(2,3)4-5-7;1-2-3-4-5-6;/h7H,4-5H2,1-3H3;6H,2-5H2,1H3;1H3/q+1;;. The number of unbranched alkanes of at least 4 members (excludes halogenated alkanes) is 2. The Morgan fingerprint density at radius 2 is 1.64 bits per heavy atom. The molecule has 1 unspecified atom stereocenters. The molecular weight excluding hydrogens is 213 g/mol. The molecule has 4 heteroatoms. The van der Waals surface area contributed by atoms with E-state index in [-0.39, 0.29) is 16.5 Å². The summed E-state index contributed by atoms with van der Waals surface area (Å²) in [6.07, 6.45) is 3.92. The maximum atomic E-state index is 8.39. The molecule has 2 nitrogen and oxygen atoms in total. The van der Waals surface area contributed by atoms with Crippen LogP contribution in [0.5, 0.6) is 0 Å². The predicted octanol–water partition coefficient (Wildman–Crippen LogP) is 1.85. The minimum Gasteiger partial charge on any atom is -0.391 e. The zero-order valence-electron chi connectivity index (χ0n) is 10.3. The second-order valence-corrected chi connectivity index (χ2v) is 4.62. The van der Waals surface area contributed by atoms with Gasteiger partial charge in [0, 0.05) is 0 Å². The third kappa shape index (κ3) is 29.3. The van der Waals surface area contributed by atoms with Crippen LogP contribution in [0.2, 0.25) is 0 Å². The fraction of sp³-hybridized carbons (Fsp3) is 1.00. The van der Waals surface area contributed by atoms with E-state index in [9.17, 15) is 0 Å². The Bertz CT molecular complexity index is 92.6. The molecular formula is C10H29NOPS+. The van der Waals surface area contributed by atoms with E-state index < -0.39 is 0 Å². The first-order valence-corrected chi connectivity index (χ1v) is 5.63. The summed E-state index contributed by atoms with van der Waals surface area (Å²) in [4.78, 5) is 0. The quantitative estimate of drug-likeness (QED) is 0.326. The first kappa shape index (κ1) is 20.2. The molecule has 0 aliphatic carbocycles. The average Bonchev–Trinajstić information content (AvgIpc) is 1.99. The van der Waals surface area contributed by atoms with Crippen molar-refractivity contribution in [3.63, 3.8) is 0 Å². The lowest BCUT2D eigenvalue weighted by molar-refractivity contribution is -0.870. The van der Waals surface area contributed by atoms with Crippen molar-refractivity contribution < 1.29 is 9.59 Å². The van der Waals surface area contributed by atoms with Crippen molar-refractivity contribution >= 4 is 22.5 Å². The normalized spacial score (nSPS) is 9.86. The second-order valence-electron chi connectivity index (χ2n) is 4.17. The number of nitrogens with zero attached hydrogens (tertiary/aromatic N) is 1. The molecule has 0 bridgehead atoms. The van der Waals surface area contributed by atoms with Gasteiger partial charge in [-0.2, -0.15) is 22.5 Å². The second kappa shape index (κ2) is 13.7. The molecule has 90 valence electrons. The summed E-state index contributed by atoms with van der Waals surface area (Å²) in [5.74, 6) is 1.05. The molecule has 0 heterocycles. The van der Waals surface area contributed by atoms with E-state index in [1.165, 1.54) is 19.3 Å². The van der Waals surface area contributed by atoms with Crippen LogP contribution in [0.25, 0.3) is 0 Å². The molecule has 0 aromatic heterocycles. The molecule has 0 radical (unpaired) electrons. The van der Waals surface area contributed by atoms with Gasteiger partial charge in [0.05, 0.1) is 27.7 Å². The van der Waals surface area contributed by atoms with Crippen LogP contribution in [0, 0.1) is 0 Å². The van der Waals surface area contributed by atoms with E-state index in [0.717, 1.165) is 16.8 Å². The topological polar surface area (TPSA) is 20.2 Å². The molecule has 0 saturated heterocycles. The van der Waals surface area contributed by atoms with Gasteiger partial charge in [-0.25, -0.2) is 0 Å². The number of thiol groups is 1. The Hall–Kier alpha value is 0.700. The van der Waals surface area contributed by atoms with Gasteiger partial charge in [0.1, 0.15) is 6.54 Å². The maximum Gasteiger partial charge on any atom is 0.101 e. The van der Waals surface area contributed by atoms with E-state index in [0.29, 0.717) is 0 Å². The Balaban J connectivity index is -0.000000163. The van der Waals surface area contributed by atoms with Crippen molar-refractivity contribution in [1.82, 2.24) is 0 Å². The number of hydrogen-bond acceptors (Lipinski definition) is 2. The van der Waals surface area contributed by atoms with Crippen LogP contribution in [0.4, 0.5) is 0 Å². The highest BCUT2D eigenvalue weighted by molar-refractivity contribution is 7.80. The third-order valence-electron chi connectivity index (χ3n) is 1.53. The van der Waals surface area contributed by atoms with Crippen LogP contribution in [-0.2, 0) is 0 Å². The summed E-state index contributed by atoms with van der Waals surface area (Å²) in [6, 6.07) is 0. The van der Waals surface area contributed by atoms with Crippen LogP contribution in [0.15, 0.2) is 0 Å². The number of hydrogen-bond donors (Lipinski definition) is 2. The van der Waals surface area contributed by atoms with E-state index >= 15 is 0 Å². The predicted molar refractivity (Wildman–Crippen MR) is 74.5 cm³/mol. The number of quaternary nitrogens is 1. The van der Waals surface area contributed by atoms with Gasteiger partial charge in [-0.15, -0.1) is 0 Å². The van der Waals surface area contributed by atoms with Crippen molar-refractivity contribution in [2.45, 2.75) is 26.2 Å². The Kier molecular flexibility index (Phi) is 19.7. The lowest BCUT2D eigenvalue weighted by atomic mass is 10.3. The van der Waals surface area contributed by atoms with Crippen LogP contribution in [-0.4, -0.2) is 49.6 Å². The Morgan fingerprint density at radius 3 is 1.71 bits per heavy atom. The summed E-state index contributed by atoms with van der Waals surface area (Å²) in [7, 11) is 6.16. The fourth-order valence-electron chi connectivity index (χ4n) is 0.662. The van der Waals surface area contributed by atoms with Crippen LogP contribution in [0.3, 0.4) is 0 Å². The highest BCUT2D eigenvalue weighted by Crippen LogP contribution is 1.93. The van der Waals surface area contributed by atoms with Crippen LogP contribution >= 0.6 is 22.5 Å². The van der Waals surface area contributed by atoms with Crippen molar-refractivity contribution in [2.24, 2.45) is 0 Å². The van der Waals surface area contributed by atoms with Crippen LogP contribution < -0.4 is 0 Å². The summed E-state index contributed by atoms with van der Waals surface area (Å²) in [5.41, 5.74) is 0. The summed E-state index contributed by atoms with van der Waals surface area (Å²) in [5, 5.41) is 8.39. The number of aliphatic hydroxyl groups excluding tert-OH is 1. The molecule has 0 spiro atoms. The van der Waals surface area contributed by atoms with Crippen molar-refractivity contribution in [3.8, 4) is 0 Å². The van der Waals surface area contributed by atoms with E-state index in [1.807, 2.05) is 0 Å². The smallest absolute Gasteiger partial charge is 0.101 e. The summed E-state index contributed by atoms with van der Waals surface area (Å²) < 4.78 is 0.844. The lowest BCUT2D eigenvalue weighted by Gasteiger charge is -2.21. The third-order valence-corrected chi connectivity index (χ3v) is 1.85. The molecule has 1 atom stereocenters. The minimum atomic E-state index is 0. The number of likely N-dealkylation sites (N-methyl/N-ethyl adjacent to an activating group) is 1. The summed E-state index contributed by atoms with van der Waals surface area (Å²) >= 11 is 4.05. The fourth-order valence-corrected chi connectivity index (χ4v) is 0.885. The van der Waals surface area contributed by atoms with Gasteiger partial charge in [-0.05, 0) is 12.2 Å². The first-order valence-electron chi connectivity index (χ1n) is 5.00. The van der Waals surface area contributed by atoms with Crippen LogP contribution in [0.1, 0.15) is 26.2 Å². The molecule has 0 aliphatic heterocycles. The van der Waals surface area contributed by atoms with Gasteiger partial charge >= 0.3 is 0 Å². The lowest BCUT2D eigenvalue weighted by Crippen LogP contribution is -2.36. The Morgan fingerprint density at radius 1 is 1.14 bits per heavy atom. The highest BCUT2D eigenvalue weighted by Gasteiger charge is 2.02. The monoisotopic (exact) mass is 242 g/mol. The van der Waals surface area contributed by atoms with Crippen molar-refractivity contribution in [1.29, 1.82) is 0 Å². The van der Waals surface area contributed by atoms with Gasteiger partial charge < -0.3 is 9.59 Å². The summed E-state index contributed by atoms with van der Waals surface area (Å²) in [6.45, 7) is 3.31. The van der Waals surface area contributed by atoms with Gasteiger partial charge in [-0.3, -0.25) is 0 Å².